The SMILES string of the molecule is CC(=O)N1c2ccc(C#C[Si](C(C)C)(C(C)C)C(C)C)cc2C(Nc2ncccn2)CC1C. The lowest BCUT2D eigenvalue weighted by Crippen LogP contribution is -2.43. The Kier molecular flexibility index (Phi) is 7.64. The number of hydrogen-bond donors (Lipinski definition) is 1. The van der Waals surface area contributed by atoms with Gasteiger partial charge in [-0.3, -0.25) is 4.79 Å². The number of anilines is 2. The van der Waals surface area contributed by atoms with Gasteiger partial charge in [-0.15, -0.1) is 5.54 Å². The van der Waals surface area contributed by atoms with Gasteiger partial charge in [0.2, 0.25) is 11.9 Å². The molecule has 33 heavy (non-hydrogen) atoms. The van der Waals surface area contributed by atoms with E-state index in [9.17, 15) is 4.79 Å². The van der Waals surface area contributed by atoms with Crippen molar-refractivity contribution in [3.63, 3.8) is 0 Å². The van der Waals surface area contributed by atoms with Gasteiger partial charge in [0.1, 0.15) is 8.07 Å². The van der Waals surface area contributed by atoms with E-state index in [2.05, 4.69) is 93.4 Å². The van der Waals surface area contributed by atoms with Crippen LogP contribution in [0.25, 0.3) is 0 Å². The molecule has 1 N–H and O–H groups in total. The van der Waals surface area contributed by atoms with E-state index in [0.717, 1.165) is 23.2 Å². The molecule has 2 heterocycles. The highest BCUT2D eigenvalue weighted by atomic mass is 28.3. The van der Waals surface area contributed by atoms with Gasteiger partial charge in [-0.25, -0.2) is 9.97 Å². The quantitative estimate of drug-likeness (QED) is 0.416. The second-order valence-corrected chi connectivity index (χ2v) is 15.7. The highest BCUT2D eigenvalue weighted by Gasteiger charge is 2.41. The molecule has 176 valence electrons. The maximum atomic E-state index is 12.5. The molecule has 0 saturated heterocycles. The molecule has 1 aromatic heterocycles. The van der Waals surface area contributed by atoms with Crippen molar-refractivity contribution >= 4 is 25.6 Å². The van der Waals surface area contributed by atoms with E-state index < -0.39 is 8.07 Å². The van der Waals surface area contributed by atoms with E-state index in [4.69, 9.17) is 0 Å². The van der Waals surface area contributed by atoms with Crippen molar-refractivity contribution in [2.75, 3.05) is 10.2 Å². The highest BCUT2D eigenvalue weighted by molar-refractivity contribution is 6.90. The molecule has 1 aliphatic rings. The molecule has 0 aliphatic carbocycles. The Morgan fingerprint density at radius 1 is 1.09 bits per heavy atom. The number of aromatic nitrogens is 2. The lowest BCUT2D eigenvalue weighted by atomic mass is 9.90. The number of nitrogens with zero attached hydrogens (tertiary/aromatic N) is 3. The molecule has 0 fully saturated rings. The molecule has 1 amide bonds. The molecule has 1 aromatic carbocycles. The molecular formula is C27H38N4OSi. The summed E-state index contributed by atoms with van der Waals surface area (Å²) in [5.41, 5.74) is 8.61. The summed E-state index contributed by atoms with van der Waals surface area (Å²) in [7, 11) is -1.83. The normalized spacial score (nSPS) is 18.2. The van der Waals surface area contributed by atoms with Gasteiger partial charge < -0.3 is 10.2 Å². The van der Waals surface area contributed by atoms with Crippen LogP contribution in [0, 0.1) is 11.5 Å². The molecule has 0 radical (unpaired) electrons. The predicted octanol–water partition coefficient (Wildman–Crippen LogP) is 6.34. The van der Waals surface area contributed by atoms with Gasteiger partial charge in [0.15, 0.2) is 0 Å². The van der Waals surface area contributed by atoms with Gasteiger partial charge in [0.05, 0.1) is 6.04 Å². The fourth-order valence-corrected chi connectivity index (χ4v) is 10.9. The molecule has 0 bridgehead atoms. The third-order valence-corrected chi connectivity index (χ3v) is 13.5. The number of benzene rings is 1. The van der Waals surface area contributed by atoms with Gasteiger partial charge >= 0.3 is 0 Å². The first kappa shape index (κ1) is 25.0. The summed E-state index contributed by atoms with van der Waals surface area (Å²) in [4.78, 5) is 23.1. The molecule has 3 rings (SSSR count). The number of hydrogen-bond acceptors (Lipinski definition) is 4. The maximum Gasteiger partial charge on any atom is 0.224 e. The summed E-state index contributed by atoms with van der Waals surface area (Å²) in [6.07, 6.45) is 4.25. The molecule has 2 aromatic rings. The summed E-state index contributed by atoms with van der Waals surface area (Å²) < 4.78 is 0. The minimum absolute atomic E-state index is 0.0112. The zero-order valence-corrected chi connectivity index (χ0v) is 22.3. The average molecular weight is 463 g/mol. The van der Waals surface area contributed by atoms with Crippen LogP contribution in [0.3, 0.4) is 0 Å². The Bertz CT molecular complexity index is 1020. The van der Waals surface area contributed by atoms with Crippen molar-refractivity contribution < 1.29 is 4.79 Å². The summed E-state index contributed by atoms with van der Waals surface area (Å²) in [5, 5.41) is 3.48. The Hall–Kier alpha value is -2.65. The minimum Gasteiger partial charge on any atom is -0.347 e. The first-order valence-corrected chi connectivity index (χ1v) is 14.3. The van der Waals surface area contributed by atoms with Crippen LogP contribution in [0.5, 0.6) is 0 Å². The lowest BCUT2D eigenvalue weighted by Gasteiger charge is -2.39. The Morgan fingerprint density at radius 2 is 1.70 bits per heavy atom. The largest absolute Gasteiger partial charge is 0.347 e. The zero-order chi connectivity index (χ0) is 24.3. The van der Waals surface area contributed by atoms with Crippen LogP contribution in [-0.2, 0) is 4.79 Å². The minimum atomic E-state index is -1.83. The van der Waals surface area contributed by atoms with Gasteiger partial charge in [0.25, 0.3) is 0 Å². The van der Waals surface area contributed by atoms with E-state index in [1.807, 2.05) is 11.0 Å². The highest BCUT2D eigenvalue weighted by Crippen LogP contribution is 2.42. The molecule has 6 heteroatoms. The predicted molar refractivity (Wildman–Crippen MR) is 140 cm³/mol. The molecule has 0 saturated carbocycles. The van der Waals surface area contributed by atoms with E-state index in [1.54, 1.807) is 19.3 Å². The average Bonchev–Trinajstić information content (AvgIpc) is 2.74. The molecular weight excluding hydrogens is 424 g/mol. The zero-order valence-electron chi connectivity index (χ0n) is 21.3. The van der Waals surface area contributed by atoms with Crippen molar-refractivity contribution in [2.45, 2.75) is 90.5 Å². The van der Waals surface area contributed by atoms with Gasteiger partial charge in [0, 0.05) is 36.6 Å². The van der Waals surface area contributed by atoms with Gasteiger partial charge in [-0.2, -0.15) is 0 Å². The smallest absolute Gasteiger partial charge is 0.224 e. The van der Waals surface area contributed by atoms with Crippen molar-refractivity contribution in [3.05, 3.63) is 47.8 Å². The fraction of sp³-hybridized carbons (Fsp3) is 0.519. The Morgan fingerprint density at radius 3 is 2.24 bits per heavy atom. The number of nitrogens with one attached hydrogen (secondary N) is 1. The van der Waals surface area contributed by atoms with Crippen LogP contribution in [0.15, 0.2) is 36.7 Å². The monoisotopic (exact) mass is 462 g/mol. The van der Waals surface area contributed by atoms with Crippen molar-refractivity contribution in [3.8, 4) is 11.5 Å². The lowest BCUT2D eigenvalue weighted by molar-refractivity contribution is -0.117. The summed E-state index contributed by atoms with van der Waals surface area (Å²) >= 11 is 0. The van der Waals surface area contributed by atoms with Crippen molar-refractivity contribution in [1.29, 1.82) is 0 Å². The van der Waals surface area contributed by atoms with Gasteiger partial charge in [-0.1, -0.05) is 47.5 Å². The van der Waals surface area contributed by atoms with Crippen LogP contribution < -0.4 is 10.2 Å². The third-order valence-electron chi connectivity index (χ3n) is 7.18. The first-order chi connectivity index (χ1) is 15.6. The molecule has 2 atom stereocenters. The molecule has 2 unspecified atom stereocenters. The fourth-order valence-electron chi connectivity index (χ4n) is 5.70. The number of carbonyl (C=O) groups excluding carboxylic acids is 1. The number of rotatable bonds is 5. The van der Waals surface area contributed by atoms with Crippen LogP contribution in [-0.4, -0.2) is 30.0 Å². The topological polar surface area (TPSA) is 58.1 Å². The Balaban J connectivity index is 2.08. The van der Waals surface area contributed by atoms with Crippen LogP contribution in [0.2, 0.25) is 16.6 Å². The molecule has 0 spiro atoms. The van der Waals surface area contributed by atoms with Crippen LogP contribution in [0.1, 0.15) is 79.0 Å². The first-order valence-electron chi connectivity index (χ1n) is 12.1. The van der Waals surface area contributed by atoms with Crippen LogP contribution in [0.4, 0.5) is 11.6 Å². The third kappa shape index (κ3) is 4.99. The van der Waals surface area contributed by atoms with E-state index in [0.29, 0.717) is 22.6 Å². The number of fused-ring (bicyclic) bond motifs is 1. The summed E-state index contributed by atoms with van der Waals surface area (Å²) in [6, 6.07) is 8.18. The van der Waals surface area contributed by atoms with Crippen molar-refractivity contribution in [2.24, 2.45) is 0 Å². The summed E-state index contributed by atoms with van der Waals surface area (Å²) in [6.45, 7) is 17.7. The van der Waals surface area contributed by atoms with Crippen LogP contribution >= 0.6 is 0 Å². The van der Waals surface area contributed by atoms with E-state index in [-0.39, 0.29) is 18.0 Å². The molecule has 5 nitrogen and oxygen atoms in total. The number of carbonyl (C=O) groups is 1. The second kappa shape index (κ2) is 10.1. The summed E-state index contributed by atoms with van der Waals surface area (Å²) in [5.74, 6) is 4.22. The van der Waals surface area contributed by atoms with E-state index >= 15 is 0 Å². The van der Waals surface area contributed by atoms with E-state index in [1.165, 1.54) is 0 Å². The second-order valence-electron chi connectivity index (χ2n) is 10.2. The standard InChI is InChI=1S/C27H38N4OSi/c1-18(2)33(19(3)4,20(5)6)15-12-23-10-11-26-24(17-23)25(16-21(7)31(26)22(8)32)30-27-28-13-9-14-29-27/h9-11,13-14,17-21,25H,16H2,1-8H3,(H,28,29,30). The maximum absolute atomic E-state index is 12.5. The van der Waals surface area contributed by atoms with Gasteiger partial charge in [-0.05, 0) is 59.8 Å². The number of amides is 1. The van der Waals surface area contributed by atoms with Crippen molar-refractivity contribution in [1.82, 2.24) is 9.97 Å². The Labute approximate surface area is 200 Å². The molecule has 1 aliphatic heterocycles.